The van der Waals surface area contributed by atoms with Crippen LogP contribution in [0.25, 0.3) is 11.2 Å². The number of anilines is 2. The van der Waals surface area contributed by atoms with Gasteiger partial charge in [-0.2, -0.15) is 9.97 Å². The Hall–Kier alpha value is -1.85. The van der Waals surface area contributed by atoms with E-state index >= 15 is 0 Å². The lowest BCUT2D eigenvalue weighted by Gasteiger charge is -2.32. The largest absolute Gasteiger partial charge is 0.354 e. The Morgan fingerprint density at radius 1 is 1.42 bits per heavy atom. The molecule has 1 saturated heterocycles. The molecule has 6 nitrogen and oxygen atoms in total. The van der Waals surface area contributed by atoms with Crippen LogP contribution >= 0.6 is 0 Å². The number of hydrogen-bond acceptors (Lipinski definition) is 5. The number of nitrogens with zero attached hydrogens (tertiary/aromatic N) is 4. The van der Waals surface area contributed by atoms with Gasteiger partial charge in [0.15, 0.2) is 11.5 Å². The first-order chi connectivity index (χ1) is 9.12. The molecular formula is C13H20N6. The number of nitrogens with one attached hydrogen (secondary N) is 2. The summed E-state index contributed by atoms with van der Waals surface area (Å²) in [5.41, 5.74) is 1.79. The number of rotatable bonds is 3. The molecule has 0 aliphatic carbocycles. The number of aromatic nitrogens is 4. The summed E-state index contributed by atoms with van der Waals surface area (Å²) in [4.78, 5) is 18.9. The zero-order valence-electron chi connectivity index (χ0n) is 11.7. The van der Waals surface area contributed by atoms with Gasteiger partial charge in [0.25, 0.3) is 0 Å². The fraction of sp³-hybridized carbons (Fsp3) is 0.615. The van der Waals surface area contributed by atoms with Gasteiger partial charge < -0.3 is 15.2 Å². The Labute approximate surface area is 112 Å². The van der Waals surface area contributed by atoms with Crippen LogP contribution < -0.4 is 10.2 Å². The van der Waals surface area contributed by atoms with Crippen molar-refractivity contribution < 1.29 is 0 Å². The third-order valence-corrected chi connectivity index (χ3v) is 3.76. The predicted molar refractivity (Wildman–Crippen MR) is 76.5 cm³/mol. The van der Waals surface area contributed by atoms with Gasteiger partial charge in [-0.15, -0.1) is 0 Å². The normalized spacial score (nSPS) is 18.2. The predicted octanol–water partition coefficient (Wildman–Crippen LogP) is 2.16. The van der Waals surface area contributed by atoms with Gasteiger partial charge in [0.2, 0.25) is 5.95 Å². The van der Waals surface area contributed by atoms with Crippen LogP contribution in [0.15, 0.2) is 6.33 Å². The number of imidazole rings is 1. The standard InChI is InChI=1S/C13H20N6/c1-4-14-12-17-10-9(15-8-16-10)11(18-12)19-7-5-6-13(19,2)3/h8H,4-7H2,1-3H3,(H2,14,15,16,17,18). The molecule has 19 heavy (non-hydrogen) atoms. The minimum absolute atomic E-state index is 0.135. The molecule has 102 valence electrons. The maximum Gasteiger partial charge on any atom is 0.226 e. The highest BCUT2D eigenvalue weighted by Gasteiger charge is 2.34. The Morgan fingerprint density at radius 3 is 2.95 bits per heavy atom. The van der Waals surface area contributed by atoms with E-state index in [0.717, 1.165) is 30.1 Å². The Morgan fingerprint density at radius 2 is 2.26 bits per heavy atom. The Bertz CT molecular complexity index is 588. The highest BCUT2D eigenvalue weighted by molar-refractivity contribution is 5.84. The van der Waals surface area contributed by atoms with E-state index in [4.69, 9.17) is 0 Å². The van der Waals surface area contributed by atoms with Gasteiger partial charge in [-0.05, 0) is 33.6 Å². The lowest BCUT2D eigenvalue weighted by atomic mass is 10.0. The summed E-state index contributed by atoms with van der Waals surface area (Å²) in [5, 5.41) is 3.18. The van der Waals surface area contributed by atoms with Crippen LogP contribution in [0.4, 0.5) is 11.8 Å². The van der Waals surface area contributed by atoms with Crippen LogP contribution in [0.1, 0.15) is 33.6 Å². The van der Waals surface area contributed by atoms with E-state index in [1.807, 2.05) is 6.92 Å². The fourth-order valence-corrected chi connectivity index (χ4v) is 2.75. The van der Waals surface area contributed by atoms with Gasteiger partial charge in [-0.25, -0.2) is 4.98 Å². The smallest absolute Gasteiger partial charge is 0.226 e. The highest BCUT2D eigenvalue weighted by Crippen LogP contribution is 2.35. The molecule has 0 saturated carbocycles. The van der Waals surface area contributed by atoms with Crippen molar-refractivity contribution in [3.05, 3.63) is 6.33 Å². The lowest BCUT2D eigenvalue weighted by molar-refractivity contribution is 0.515. The zero-order valence-corrected chi connectivity index (χ0v) is 11.7. The van der Waals surface area contributed by atoms with Crippen molar-refractivity contribution >= 4 is 22.9 Å². The molecule has 2 aromatic heterocycles. The van der Waals surface area contributed by atoms with Gasteiger partial charge in [0, 0.05) is 18.6 Å². The average Bonchev–Trinajstić information content (AvgIpc) is 2.94. The van der Waals surface area contributed by atoms with Crippen molar-refractivity contribution in [2.75, 3.05) is 23.3 Å². The first-order valence-electron chi connectivity index (χ1n) is 6.84. The summed E-state index contributed by atoms with van der Waals surface area (Å²) < 4.78 is 0. The molecule has 0 bridgehead atoms. The second-order valence-electron chi connectivity index (χ2n) is 5.57. The number of fused-ring (bicyclic) bond motifs is 1. The van der Waals surface area contributed by atoms with Crippen molar-refractivity contribution in [3.8, 4) is 0 Å². The van der Waals surface area contributed by atoms with E-state index in [9.17, 15) is 0 Å². The maximum atomic E-state index is 4.67. The van der Waals surface area contributed by atoms with E-state index < -0.39 is 0 Å². The third kappa shape index (κ3) is 2.01. The molecule has 2 aromatic rings. The molecule has 0 unspecified atom stereocenters. The molecule has 3 heterocycles. The molecule has 0 atom stereocenters. The van der Waals surface area contributed by atoms with Gasteiger partial charge in [-0.1, -0.05) is 0 Å². The molecule has 2 N–H and O–H groups in total. The van der Waals surface area contributed by atoms with Crippen LogP contribution in [0.2, 0.25) is 0 Å². The molecule has 0 spiro atoms. The maximum absolute atomic E-state index is 4.67. The monoisotopic (exact) mass is 260 g/mol. The molecule has 1 fully saturated rings. The second-order valence-corrected chi connectivity index (χ2v) is 5.57. The highest BCUT2D eigenvalue weighted by atomic mass is 15.3. The van der Waals surface area contributed by atoms with E-state index in [1.54, 1.807) is 6.33 Å². The van der Waals surface area contributed by atoms with Crippen LogP contribution in [-0.4, -0.2) is 38.6 Å². The summed E-state index contributed by atoms with van der Waals surface area (Å²) >= 11 is 0. The molecular weight excluding hydrogens is 240 g/mol. The van der Waals surface area contributed by atoms with Crippen molar-refractivity contribution in [3.63, 3.8) is 0 Å². The van der Waals surface area contributed by atoms with E-state index in [2.05, 4.69) is 44.0 Å². The molecule has 1 aliphatic rings. The van der Waals surface area contributed by atoms with Crippen LogP contribution in [0, 0.1) is 0 Å². The molecule has 6 heteroatoms. The summed E-state index contributed by atoms with van der Waals surface area (Å²) in [6, 6.07) is 0. The molecule has 1 aliphatic heterocycles. The van der Waals surface area contributed by atoms with Crippen LogP contribution in [-0.2, 0) is 0 Å². The van der Waals surface area contributed by atoms with Crippen LogP contribution in [0.5, 0.6) is 0 Å². The lowest BCUT2D eigenvalue weighted by Crippen LogP contribution is -2.39. The zero-order chi connectivity index (χ0) is 13.5. The second kappa shape index (κ2) is 4.36. The van der Waals surface area contributed by atoms with E-state index in [1.165, 1.54) is 12.8 Å². The molecule has 0 radical (unpaired) electrons. The molecule has 3 rings (SSSR count). The van der Waals surface area contributed by atoms with Crippen molar-refractivity contribution in [1.29, 1.82) is 0 Å². The van der Waals surface area contributed by atoms with Gasteiger partial charge >= 0.3 is 0 Å². The van der Waals surface area contributed by atoms with Crippen molar-refractivity contribution in [2.24, 2.45) is 0 Å². The summed E-state index contributed by atoms with van der Waals surface area (Å²) in [7, 11) is 0. The fourth-order valence-electron chi connectivity index (χ4n) is 2.75. The van der Waals surface area contributed by atoms with Gasteiger partial charge in [0.05, 0.1) is 6.33 Å². The topological polar surface area (TPSA) is 69.7 Å². The average molecular weight is 260 g/mol. The van der Waals surface area contributed by atoms with E-state index in [-0.39, 0.29) is 5.54 Å². The first kappa shape index (κ1) is 12.2. The summed E-state index contributed by atoms with van der Waals surface area (Å²) in [6.45, 7) is 8.40. The van der Waals surface area contributed by atoms with Crippen molar-refractivity contribution in [1.82, 2.24) is 19.9 Å². The summed E-state index contributed by atoms with van der Waals surface area (Å²) in [5.74, 6) is 1.61. The molecule has 0 aromatic carbocycles. The SMILES string of the molecule is CCNc1nc(N2CCCC2(C)C)c2[nH]cnc2n1. The van der Waals surface area contributed by atoms with Gasteiger partial charge in [0.1, 0.15) is 5.52 Å². The number of hydrogen-bond donors (Lipinski definition) is 2. The van der Waals surface area contributed by atoms with E-state index in [0.29, 0.717) is 5.95 Å². The quantitative estimate of drug-likeness (QED) is 0.885. The van der Waals surface area contributed by atoms with Crippen LogP contribution in [0.3, 0.4) is 0 Å². The number of aromatic amines is 1. The minimum atomic E-state index is 0.135. The Balaban J connectivity index is 2.13. The number of H-pyrrole nitrogens is 1. The minimum Gasteiger partial charge on any atom is -0.354 e. The Kier molecular flexibility index (Phi) is 2.80. The van der Waals surface area contributed by atoms with Gasteiger partial charge in [-0.3, -0.25) is 0 Å². The third-order valence-electron chi connectivity index (χ3n) is 3.76. The van der Waals surface area contributed by atoms with Crippen molar-refractivity contribution in [2.45, 2.75) is 39.2 Å². The first-order valence-corrected chi connectivity index (χ1v) is 6.84. The summed E-state index contributed by atoms with van der Waals surface area (Å²) in [6.07, 6.45) is 4.06. The molecule has 0 amide bonds.